The zero-order valence-electron chi connectivity index (χ0n) is 27.7. The summed E-state index contributed by atoms with van der Waals surface area (Å²) in [6.07, 6.45) is 0. The fourth-order valence-electron chi connectivity index (χ4n) is 9.03. The Morgan fingerprint density at radius 3 is 1.33 bits per heavy atom. The second kappa shape index (κ2) is 10.8. The highest BCUT2D eigenvalue weighted by atomic mass is 28.3. The molecule has 51 heavy (non-hydrogen) atoms. The van der Waals surface area contributed by atoms with E-state index >= 15 is 0 Å². The molecule has 0 atom stereocenters. The Morgan fingerprint density at radius 2 is 0.824 bits per heavy atom. The van der Waals surface area contributed by atoms with Gasteiger partial charge in [0.2, 0.25) is 0 Å². The van der Waals surface area contributed by atoms with E-state index < -0.39 is 8.07 Å². The third-order valence-electron chi connectivity index (χ3n) is 11.0. The number of para-hydroxylation sites is 4. The van der Waals surface area contributed by atoms with Crippen molar-refractivity contribution in [1.29, 1.82) is 0 Å². The van der Waals surface area contributed by atoms with Gasteiger partial charge in [0.1, 0.15) is 5.82 Å². The van der Waals surface area contributed by atoms with Gasteiger partial charge < -0.3 is 4.57 Å². The smallest absolute Gasteiger partial charge is 0.185 e. The SMILES string of the molecule is c1ccc([Si]2(c3ccccc3)c3ccc(-n4c5ccccc5c5ccccc54)nc3-c3cccc(-n4c5ccccc5c5ccccc54)c32)cc1. The van der Waals surface area contributed by atoms with Gasteiger partial charge in [-0.15, -0.1) is 0 Å². The number of aromatic nitrogens is 3. The highest BCUT2D eigenvalue weighted by molar-refractivity contribution is 7.22. The van der Waals surface area contributed by atoms with Crippen LogP contribution in [0.1, 0.15) is 0 Å². The van der Waals surface area contributed by atoms with Crippen molar-refractivity contribution >= 4 is 72.4 Å². The van der Waals surface area contributed by atoms with E-state index in [4.69, 9.17) is 4.98 Å². The first-order valence-electron chi connectivity index (χ1n) is 17.6. The highest BCUT2D eigenvalue weighted by Crippen LogP contribution is 2.37. The number of nitrogens with zero attached hydrogens (tertiary/aromatic N) is 3. The molecule has 7 aromatic carbocycles. The molecule has 0 N–H and O–H groups in total. The first kappa shape index (κ1) is 28.4. The Balaban J connectivity index is 1.30. The van der Waals surface area contributed by atoms with E-state index in [0.29, 0.717) is 0 Å². The number of rotatable bonds is 4. The second-order valence-electron chi connectivity index (χ2n) is 13.5. The highest BCUT2D eigenvalue weighted by Gasteiger charge is 2.51. The van der Waals surface area contributed by atoms with Gasteiger partial charge in [0, 0.05) is 32.8 Å². The molecule has 3 aromatic heterocycles. The minimum Gasteiger partial charge on any atom is -0.309 e. The maximum Gasteiger partial charge on any atom is 0.185 e. The summed E-state index contributed by atoms with van der Waals surface area (Å²) in [6, 6.07) is 69.1. The fourth-order valence-corrected chi connectivity index (χ4v) is 14.3. The molecule has 0 radical (unpaired) electrons. The Labute approximate surface area is 296 Å². The summed E-state index contributed by atoms with van der Waals surface area (Å²) in [7, 11) is -2.91. The molecule has 0 saturated carbocycles. The van der Waals surface area contributed by atoms with Gasteiger partial charge in [-0.3, -0.25) is 4.57 Å². The molecule has 0 unspecified atom stereocenters. The topological polar surface area (TPSA) is 22.8 Å². The van der Waals surface area contributed by atoms with E-state index in [9.17, 15) is 0 Å². The van der Waals surface area contributed by atoms with Crippen molar-refractivity contribution in [3.8, 4) is 22.8 Å². The molecule has 0 bridgehead atoms. The van der Waals surface area contributed by atoms with E-state index in [0.717, 1.165) is 22.5 Å². The number of benzene rings is 7. The van der Waals surface area contributed by atoms with Gasteiger partial charge in [-0.2, -0.15) is 0 Å². The minimum absolute atomic E-state index is 0.935. The van der Waals surface area contributed by atoms with Crippen LogP contribution in [0.2, 0.25) is 0 Å². The molecule has 0 fully saturated rings. The summed E-state index contributed by atoms with van der Waals surface area (Å²) in [4.78, 5) is 5.72. The molecule has 0 saturated heterocycles. The van der Waals surface area contributed by atoms with E-state index in [1.54, 1.807) is 0 Å². The molecule has 11 rings (SSSR count). The van der Waals surface area contributed by atoms with Gasteiger partial charge in [-0.25, -0.2) is 4.98 Å². The maximum absolute atomic E-state index is 5.72. The summed E-state index contributed by atoms with van der Waals surface area (Å²) in [5, 5.41) is 10.4. The van der Waals surface area contributed by atoms with Gasteiger partial charge in [0.25, 0.3) is 0 Å². The number of hydrogen-bond donors (Lipinski definition) is 0. The van der Waals surface area contributed by atoms with Crippen molar-refractivity contribution in [2.24, 2.45) is 0 Å². The van der Waals surface area contributed by atoms with Gasteiger partial charge >= 0.3 is 0 Å². The third-order valence-corrected chi connectivity index (χ3v) is 15.9. The average molecular weight is 666 g/mol. The van der Waals surface area contributed by atoms with E-state index in [-0.39, 0.29) is 0 Å². The van der Waals surface area contributed by atoms with Gasteiger partial charge in [0.05, 0.1) is 27.8 Å². The quantitative estimate of drug-likeness (QED) is 0.173. The van der Waals surface area contributed by atoms with E-state index in [1.165, 1.54) is 64.6 Å². The van der Waals surface area contributed by atoms with Crippen molar-refractivity contribution in [3.05, 3.63) is 188 Å². The van der Waals surface area contributed by atoms with Gasteiger partial charge in [-0.05, 0) is 57.1 Å². The lowest BCUT2D eigenvalue weighted by Crippen LogP contribution is -2.73. The molecule has 10 aromatic rings. The summed E-state index contributed by atoms with van der Waals surface area (Å²) < 4.78 is 4.85. The van der Waals surface area contributed by atoms with Crippen LogP contribution in [0.4, 0.5) is 0 Å². The second-order valence-corrected chi connectivity index (χ2v) is 17.2. The van der Waals surface area contributed by atoms with Crippen molar-refractivity contribution < 1.29 is 0 Å². The van der Waals surface area contributed by atoms with Crippen molar-refractivity contribution in [2.75, 3.05) is 0 Å². The van der Waals surface area contributed by atoms with Crippen LogP contribution in [0.3, 0.4) is 0 Å². The molecule has 0 amide bonds. The summed E-state index contributed by atoms with van der Waals surface area (Å²) in [6.45, 7) is 0. The first-order chi connectivity index (χ1) is 25.3. The molecule has 1 aliphatic heterocycles. The zero-order chi connectivity index (χ0) is 33.5. The maximum atomic E-state index is 5.72. The molecule has 3 nitrogen and oxygen atoms in total. The predicted octanol–water partition coefficient (Wildman–Crippen LogP) is 8.63. The lowest BCUT2D eigenvalue weighted by molar-refractivity contribution is 1.09. The van der Waals surface area contributed by atoms with Crippen LogP contribution in [0.5, 0.6) is 0 Å². The lowest BCUT2D eigenvalue weighted by Gasteiger charge is -2.33. The van der Waals surface area contributed by atoms with Crippen molar-refractivity contribution in [3.63, 3.8) is 0 Å². The third kappa shape index (κ3) is 3.80. The minimum atomic E-state index is -2.91. The van der Waals surface area contributed by atoms with Crippen LogP contribution in [0.25, 0.3) is 66.4 Å². The van der Waals surface area contributed by atoms with Crippen LogP contribution in [0.15, 0.2) is 188 Å². The molecule has 0 aliphatic carbocycles. The Morgan fingerprint density at radius 1 is 0.373 bits per heavy atom. The fraction of sp³-hybridized carbons (Fsp3) is 0. The number of hydrogen-bond acceptors (Lipinski definition) is 1. The Hall–Kier alpha value is -6.49. The molecule has 4 heteroatoms. The van der Waals surface area contributed by atoms with Crippen molar-refractivity contribution in [2.45, 2.75) is 0 Å². The van der Waals surface area contributed by atoms with Gasteiger partial charge in [0.15, 0.2) is 8.07 Å². The Kier molecular flexibility index (Phi) is 5.98. The molecule has 1 aliphatic rings. The first-order valence-corrected chi connectivity index (χ1v) is 19.6. The van der Waals surface area contributed by atoms with Crippen LogP contribution in [-0.4, -0.2) is 22.2 Å². The molecular formula is C47H31N3Si. The van der Waals surface area contributed by atoms with Crippen molar-refractivity contribution in [1.82, 2.24) is 14.1 Å². The molecular weight excluding hydrogens is 635 g/mol. The Bertz CT molecular complexity index is 2830. The number of fused-ring (bicyclic) bond motifs is 9. The van der Waals surface area contributed by atoms with E-state index in [2.05, 4.69) is 197 Å². The monoisotopic (exact) mass is 665 g/mol. The van der Waals surface area contributed by atoms with Gasteiger partial charge in [-0.1, -0.05) is 152 Å². The zero-order valence-corrected chi connectivity index (χ0v) is 28.7. The molecule has 0 spiro atoms. The number of pyridine rings is 1. The average Bonchev–Trinajstić information content (AvgIpc) is 3.83. The molecule has 4 heterocycles. The van der Waals surface area contributed by atoms with E-state index in [1.807, 2.05) is 0 Å². The normalized spacial score (nSPS) is 13.3. The summed E-state index contributed by atoms with van der Waals surface area (Å²) >= 11 is 0. The van der Waals surface area contributed by atoms with Crippen LogP contribution in [0, 0.1) is 0 Å². The predicted molar refractivity (Wildman–Crippen MR) is 216 cm³/mol. The van der Waals surface area contributed by atoms with Crippen LogP contribution >= 0.6 is 0 Å². The largest absolute Gasteiger partial charge is 0.309 e. The summed E-state index contributed by atoms with van der Waals surface area (Å²) in [5.41, 5.74) is 8.27. The van der Waals surface area contributed by atoms with Crippen LogP contribution in [-0.2, 0) is 0 Å². The molecule has 238 valence electrons. The lowest BCUT2D eigenvalue weighted by atomic mass is 10.1. The van der Waals surface area contributed by atoms with Crippen LogP contribution < -0.4 is 20.7 Å². The summed E-state index contributed by atoms with van der Waals surface area (Å²) in [5.74, 6) is 0.935. The standard InChI is InChI=1S/C47H31N3Si/c1-3-16-32(17-4-1)51(33-18-5-2-6-19-33)44-30-31-45(50-41-27-13-9-22-36(41)37-23-10-14-28-42(37)50)48-46(44)38-24-15-29-43(47(38)51)49-39-25-11-7-20-34(39)35-21-8-12-26-40(35)49/h1-31H.